The largest absolute Gasteiger partial charge is 0.480 e. The minimum Gasteiger partial charge on any atom is -0.480 e. The molecule has 0 saturated carbocycles. The van der Waals surface area contributed by atoms with Gasteiger partial charge in [-0.05, 0) is 19.4 Å². The molecule has 0 bridgehead atoms. The second-order valence-electron chi connectivity index (χ2n) is 5.10. The molecule has 2 rings (SSSR count). The van der Waals surface area contributed by atoms with Crippen LogP contribution in [0.15, 0.2) is 11.0 Å². The molecule has 0 aliphatic carbocycles. The number of nitrogens with one attached hydrogen (secondary N) is 2. The first kappa shape index (κ1) is 16.8. The summed E-state index contributed by atoms with van der Waals surface area (Å²) in [6, 6.07) is -0.812. The van der Waals surface area contributed by atoms with Crippen LogP contribution in [0, 0.1) is 0 Å². The van der Waals surface area contributed by atoms with Crippen LogP contribution in [0.25, 0.3) is 11.2 Å². The molecule has 1 atom stereocenters. The van der Waals surface area contributed by atoms with Crippen LogP contribution in [0.5, 0.6) is 0 Å². The van der Waals surface area contributed by atoms with Gasteiger partial charge in [0.05, 0.1) is 11.9 Å². The Hall–Kier alpha value is -2.59. The van der Waals surface area contributed by atoms with Crippen molar-refractivity contribution in [1.82, 2.24) is 25.3 Å². The summed E-state index contributed by atoms with van der Waals surface area (Å²) in [6.45, 7) is 1.13. The molecule has 2 aromatic heterocycles. The van der Waals surface area contributed by atoms with Crippen molar-refractivity contribution in [2.24, 2.45) is 5.73 Å². The van der Waals surface area contributed by atoms with Crippen LogP contribution in [0.1, 0.15) is 25.0 Å². The first-order valence-corrected chi connectivity index (χ1v) is 7.18. The third-order valence-electron chi connectivity index (χ3n) is 3.23. The molecule has 7 N–H and O–H groups in total. The molecule has 0 radical (unpaired) electrons. The van der Waals surface area contributed by atoms with E-state index in [1.54, 1.807) is 0 Å². The molecule has 2 heterocycles. The normalized spacial score (nSPS) is 12.4. The molecular weight excluding hydrogens is 302 g/mol. The van der Waals surface area contributed by atoms with E-state index in [-0.39, 0.29) is 17.1 Å². The molecular formula is C13H19N7O3. The number of aromatic nitrogens is 4. The Labute approximate surface area is 131 Å². The van der Waals surface area contributed by atoms with Gasteiger partial charge in [0.2, 0.25) is 5.95 Å². The molecule has 0 aliphatic heterocycles. The van der Waals surface area contributed by atoms with Gasteiger partial charge in [0, 0.05) is 6.54 Å². The van der Waals surface area contributed by atoms with E-state index in [0.29, 0.717) is 31.6 Å². The highest BCUT2D eigenvalue weighted by Gasteiger charge is 2.10. The molecule has 0 spiro atoms. The highest BCUT2D eigenvalue weighted by molar-refractivity contribution is 5.72. The fourth-order valence-corrected chi connectivity index (χ4v) is 2.01. The summed E-state index contributed by atoms with van der Waals surface area (Å²) >= 11 is 0. The number of hydrogen-bond acceptors (Lipinski definition) is 8. The van der Waals surface area contributed by atoms with E-state index in [0.717, 1.165) is 6.42 Å². The number of anilines is 1. The van der Waals surface area contributed by atoms with E-state index in [2.05, 4.69) is 25.3 Å². The molecule has 23 heavy (non-hydrogen) atoms. The average Bonchev–Trinajstić information content (AvgIpc) is 2.50. The lowest BCUT2D eigenvalue weighted by Crippen LogP contribution is -2.30. The van der Waals surface area contributed by atoms with Gasteiger partial charge in [-0.25, -0.2) is 9.97 Å². The molecule has 10 heteroatoms. The van der Waals surface area contributed by atoms with Crippen molar-refractivity contribution in [3.05, 3.63) is 22.2 Å². The number of rotatable bonds is 8. The number of nitrogen functional groups attached to an aromatic ring is 1. The van der Waals surface area contributed by atoms with Gasteiger partial charge in [0.1, 0.15) is 6.04 Å². The Morgan fingerprint density at radius 2 is 2.17 bits per heavy atom. The summed E-state index contributed by atoms with van der Waals surface area (Å²) < 4.78 is 0. The second kappa shape index (κ2) is 7.61. The predicted molar refractivity (Wildman–Crippen MR) is 83.5 cm³/mol. The fraction of sp³-hybridized carbons (Fsp3) is 0.462. The van der Waals surface area contributed by atoms with Gasteiger partial charge in [-0.3, -0.25) is 14.6 Å². The number of unbranched alkanes of at least 4 members (excludes halogenated alkanes) is 1. The molecule has 124 valence electrons. The highest BCUT2D eigenvalue weighted by Crippen LogP contribution is 2.03. The van der Waals surface area contributed by atoms with Gasteiger partial charge in [-0.1, -0.05) is 6.42 Å². The van der Waals surface area contributed by atoms with E-state index < -0.39 is 17.6 Å². The van der Waals surface area contributed by atoms with Gasteiger partial charge in [-0.15, -0.1) is 0 Å². The summed E-state index contributed by atoms with van der Waals surface area (Å²) in [5, 5.41) is 11.8. The standard InChI is InChI=1S/C13H19N7O3/c14-8(12(22)23)3-1-2-4-16-5-7-6-17-10-9(18-7)11(21)20-13(15)19-10/h6,8,16H,1-5,14H2,(H,22,23)(H3,15,17,19,20,21)/t8-/m1/s1. The Kier molecular flexibility index (Phi) is 5.55. The van der Waals surface area contributed by atoms with Crippen LogP contribution < -0.4 is 22.3 Å². The number of aromatic amines is 1. The second-order valence-corrected chi connectivity index (χ2v) is 5.10. The number of fused-ring (bicyclic) bond motifs is 1. The molecule has 10 nitrogen and oxygen atoms in total. The maximum Gasteiger partial charge on any atom is 0.320 e. The van der Waals surface area contributed by atoms with Crippen molar-refractivity contribution in [3.8, 4) is 0 Å². The number of carboxylic acid groups (broad SMARTS) is 1. The Bertz CT molecular complexity index is 746. The van der Waals surface area contributed by atoms with Crippen molar-refractivity contribution in [1.29, 1.82) is 0 Å². The smallest absolute Gasteiger partial charge is 0.320 e. The van der Waals surface area contributed by atoms with Gasteiger partial charge >= 0.3 is 5.97 Å². The molecule has 0 fully saturated rings. The molecule has 0 aromatic carbocycles. The van der Waals surface area contributed by atoms with Crippen LogP contribution in [0.3, 0.4) is 0 Å². The van der Waals surface area contributed by atoms with Crippen LogP contribution in [0.4, 0.5) is 5.95 Å². The quantitative estimate of drug-likeness (QED) is 0.381. The van der Waals surface area contributed by atoms with Gasteiger partial charge in [0.15, 0.2) is 11.2 Å². The number of carbonyl (C=O) groups is 1. The van der Waals surface area contributed by atoms with Crippen molar-refractivity contribution >= 4 is 23.1 Å². The maximum atomic E-state index is 11.7. The first-order valence-electron chi connectivity index (χ1n) is 7.18. The third-order valence-corrected chi connectivity index (χ3v) is 3.23. The summed E-state index contributed by atoms with van der Waals surface area (Å²) in [5.74, 6) is -0.980. The average molecular weight is 321 g/mol. The van der Waals surface area contributed by atoms with Crippen LogP contribution in [-0.2, 0) is 11.3 Å². The van der Waals surface area contributed by atoms with E-state index in [4.69, 9.17) is 16.6 Å². The summed E-state index contributed by atoms with van der Waals surface area (Å²) in [6.07, 6.45) is 3.48. The summed E-state index contributed by atoms with van der Waals surface area (Å²) in [7, 11) is 0. The molecule has 0 aliphatic rings. The zero-order valence-corrected chi connectivity index (χ0v) is 12.5. The summed E-state index contributed by atoms with van der Waals surface area (Å²) in [5.41, 5.74) is 11.4. The number of aliphatic carboxylic acids is 1. The van der Waals surface area contributed by atoms with E-state index in [9.17, 15) is 9.59 Å². The zero-order valence-electron chi connectivity index (χ0n) is 12.5. The van der Waals surface area contributed by atoms with Crippen LogP contribution in [-0.4, -0.2) is 43.6 Å². The van der Waals surface area contributed by atoms with Crippen molar-refractivity contribution < 1.29 is 9.90 Å². The van der Waals surface area contributed by atoms with E-state index >= 15 is 0 Å². The number of H-pyrrole nitrogens is 1. The lowest BCUT2D eigenvalue weighted by atomic mass is 10.1. The number of carboxylic acids is 1. The maximum absolute atomic E-state index is 11.7. The lowest BCUT2D eigenvalue weighted by Gasteiger charge is -2.07. The number of hydrogen-bond donors (Lipinski definition) is 5. The third kappa shape index (κ3) is 4.69. The lowest BCUT2D eigenvalue weighted by molar-refractivity contribution is -0.138. The Balaban J connectivity index is 1.81. The van der Waals surface area contributed by atoms with Gasteiger partial charge in [-0.2, -0.15) is 4.98 Å². The Morgan fingerprint density at radius 1 is 1.39 bits per heavy atom. The zero-order chi connectivity index (χ0) is 16.8. The van der Waals surface area contributed by atoms with Crippen LogP contribution in [0.2, 0.25) is 0 Å². The Morgan fingerprint density at radius 3 is 2.91 bits per heavy atom. The highest BCUT2D eigenvalue weighted by atomic mass is 16.4. The monoisotopic (exact) mass is 321 g/mol. The molecule has 0 unspecified atom stereocenters. The van der Waals surface area contributed by atoms with Gasteiger partial charge in [0.25, 0.3) is 5.56 Å². The minimum atomic E-state index is -0.983. The predicted octanol–water partition coefficient (Wildman–Crippen LogP) is -1.03. The van der Waals surface area contributed by atoms with Crippen LogP contribution >= 0.6 is 0 Å². The van der Waals surface area contributed by atoms with E-state index in [1.165, 1.54) is 6.20 Å². The molecule has 0 saturated heterocycles. The first-order chi connectivity index (χ1) is 11.0. The topological polar surface area (TPSA) is 173 Å². The number of nitrogens with two attached hydrogens (primary N) is 2. The van der Waals surface area contributed by atoms with Crippen molar-refractivity contribution in [2.45, 2.75) is 31.8 Å². The van der Waals surface area contributed by atoms with Crippen molar-refractivity contribution in [3.63, 3.8) is 0 Å². The molecule has 2 aromatic rings. The van der Waals surface area contributed by atoms with E-state index in [1.807, 2.05) is 0 Å². The minimum absolute atomic E-state index is 0.00208. The fourth-order valence-electron chi connectivity index (χ4n) is 2.01. The molecule has 0 amide bonds. The summed E-state index contributed by atoms with van der Waals surface area (Å²) in [4.78, 5) is 36.8. The van der Waals surface area contributed by atoms with Gasteiger partial charge < -0.3 is 21.9 Å². The number of nitrogens with zero attached hydrogens (tertiary/aromatic N) is 3. The SMILES string of the molecule is Nc1nc2ncc(CNCCCC[C@@H](N)C(=O)O)nc2c(=O)[nH]1. The van der Waals surface area contributed by atoms with Crippen molar-refractivity contribution in [2.75, 3.05) is 12.3 Å².